The van der Waals surface area contributed by atoms with Gasteiger partial charge in [-0.2, -0.15) is 0 Å². The number of anilines is 1. The Hall–Kier alpha value is -1.91. The molecule has 0 bridgehead atoms. The molecule has 1 aromatic rings. The first-order valence-electron chi connectivity index (χ1n) is 6.68. The van der Waals surface area contributed by atoms with Crippen LogP contribution in [0.5, 0.6) is 0 Å². The van der Waals surface area contributed by atoms with Gasteiger partial charge in [-0.3, -0.25) is 4.79 Å². The number of nitrogens with one attached hydrogen (secondary N) is 1. The van der Waals surface area contributed by atoms with Crippen molar-refractivity contribution in [2.75, 3.05) is 25.0 Å². The minimum absolute atomic E-state index is 0.00407. The molecule has 1 amide bonds. The highest BCUT2D eigenvalue weighted by atomic mass is 16.2. The van der Waals surface area contributed by atoms with E-state index in [1.807, 2.05) is 4.90 Å². The minimum atomic E-state index is -0.00407. The second kappa shape index (κ2) is 6.31. The number of likely N-dealkylation sites (tertiary alicyclic amines) is 1. The average molecular weight is 260 g/mol. The Morgan fingerprint density at radius 1 is 1.68 bits per heavy atom. The van der Waals surface area contributed by atoms with Crippen LogP contribution in [-0.4, -0.2) is 40.4 Å². The number of nitrogens with zero attached hydrogens (tertiary/aromatic N) is 3. The minimum Gasteiger partial charge on any atom is -0.351 e. The van der Waals surface area contributed by atoms with Gasteiger partial charge in [0.2, 0.25) is 5.95 Å². The Morgan fingerprint density at radius 3 is 3.26 bits per heavy atom. The van der Waals surface area contributed by atoms with Crippen molar-refractivity contribution in [3.63, 3.8) is 0 Å². The topological polar surface area (TPSA) is 58.1 Å². The lowest BCUT2D eigenvalue weighted by molar-refractivity contribution is 0.0677. The Morgan fingerprint density at radius 2 is 2.53 bits per heavy atom. The molecule has 1 saturated heterocycles. The van der Waals surface area contributed by atoms with Crippen LogP contribution < -0.4 is 5.32 Å². The van der Waals surface area contributed by atoms with Crippen molar-refractivity contribution in [2.24, 2.45) is 5.92 Å². The van der Waals surface area contributed by atoms with Crippen LogP contribution in [0.15, 0.2) is 24.9 Å². The number of rotatable bonds is 4. The Balaban J connectivity index is 2.07. The van der Waals surface area contributed by atoms with E-state index in [-0.39, 0.29) is 5.91 Å². The fraction of sp³-hybridized carbons (Fsp3) is 0.500. The molecule has 1 atom stereocenters. The average Bonchev–Trinajstić information content (AvgIpc) is 2.44. The first-order chi connectivity index (χ1) is 9.20. The van der Waals surface area contributed by atoms with E-state index in [0.717, 1.165) is 19.5 Å². The highest BCUT2D eigenvalue weighted by Crippen LogP contribution is 2.17. The van der Waals surface area contributed by atoms with Crippen LogP contribution >= 0.6 is 0 Å². The summed E-state index contributed by atoms with van der Waals surface area (Å²) in [5.41, 5.74) is 0.454. The summed E-state index contributed by atoms with van der Waals surface area (Å²) in [5, 5.41) is 2.99. The van der Waals surface area contributed by atoms with E-state index < -0.39 is 0 Å². The maximum Gasteiger partial charge on any atom is 0.272 e. The normalized spacial score (nSPS) is 19.0. The number of carbonyl (C=O) groups excluding carboxylic acids is 1. The van der Waals surface area contributed by atoms with Crippen LogP contribution in [-0.2, 0) is 0 Å². The standard InChI is InChI=1S/C14H20N4O/c1-3-7-15-14-16-8-6-12(17-14)13(19)18-9-4-5-11(2)10-18/h3,6,8,11H,1,4-5,7,9-10H2,2H3,(H,15,16,17). The molecule has 1 aromatic heterocycles. The number of hydrogen-bond acceptors (Lipinski definition) is 4. The summed E-state index contributed by atoms with van der Waals surface area (Å²) in [6.45, 7) is 8.02. The summed E-state index contributed by atoms with van der Waals surface area (Å²) in [5.74, 6) is 1.03. The molecular formula is C14H20N4O. The molecule has 2 rings (SSSR count). The summed E-state index contributed by atoms with van der Waals surface area (Å²) in [4.78, 5) is 22.6. The van der Waals surface area contributed by atoms with Gasteiger partial charge in [-0.1, -0.05) is 13.0 Å². The third-order valence-corrected chi connectivity index (χ3v) is 3.22. The molecule has 1 aliphatic rings. The number of hydrogen-bond donors (Lipinski definition) is 1. The molecule has 0 aromatic carbocycles. The van der Waals surface area contributed by atoms with E-state index >= 15 is 0 Å². The predicted molar refractivity (Wildman–Crippen MR) is 75.0 cm³/mol. The van der Waals surface area contributed by atoms with Crippen molar-refractivity contribution in [3.05, 3.63) is 30.6 Å². The number of carbonyl (C=O) groups is 1. The van der Waals surface area contributed by atoms with Gasteiger partial charge in [0.25, 0.3) is 5.91 Å². The van der Waals surface area contributed by atoms with E-state index in [1.54, 1.807) is 18.3 Å². The summed E-state index contributed by atoms with van der Waals surface area (Å²) >= 11 is 0. The zero-order valence-electron chi connectivity index (χ0n) is 11.3. The fourth-order valence-electron chi connectivity index (χ4n) is 2.26. The second-order valence-electron chi connectivity index (χ2n) is 4.93. The van der Waals surface area contributed by atoms with Crippen molar-refractivity contribution in [1.82, 2.24) is 14.9 Å². The fourth-order valence-corrected chi connectivity index (χ4v) is 2.26. The van der Waals surface area contributed by atoms with Crippen molar-refractivity contribution < 1.29 is 4.79 Å². The summed E-state index contributed by atoms with van der Waals surface area (Å²) in [6, 6.07) is 1.67. The largest absolute Gasteiger partial charge is 0.351 e. The molecule has 5 nitrogen and oxygen atoms in total. The van der Waals surface area contributed by atoms with Gasteiger partial charge in [0, 0.05) is 25.8 Å². The van der Waals surface area contributed by atoms with Gasteiger partial charge in [-0.05, 0) is 24.8 Å². The molecule has 1 fully saturated rings. The molecule has 1 aliphatic heterocycles. The highest BCUT2D eigenvalue weighted by molar-refractivity contribution is 5.92. The van der Waals surface area contributed by atoms with Crippen LogP contribution in [0.3, 0.4) is 0 Å². The third-order valence-electron chi connectivity index (χ3n) is 3.22. The molecule has 2 heterocycles. The molecule has 102 valence electrons. The lowest BCUT2D eigenvalue weighted by atomic mass is 10.00. The highest BCUT2D eigenvalue weighted by Gasteiger charge is 2.23. The van der Waals surface area contributed by atoms with E-state index in [2.05, 4.69) is 28.8 Å². The van der Waals surface area contributed by atoms with Gasteiger partial charge in [0.05, 0.1) is 0 Å². The quantitative estimate of drug-likeness (QED) is 0.841. The lowest BCUT2D eigenvalue weighted by Gasteiger charge is -2.30. The van der Waals surface area contributed by atoms with Crippen LogP contribution in [0.2, 0.25) is 0 Å². The monoisotopic (exact) mass is 260 g/mol. The van der Waals surface area contributed by atoms with Crippen LogP contribution in [0.25, 0.3) is 0 Å². The van der Waals surface area contributed by atoms with E-state index in [9.17, 15) is 4.79 Å². The van der Waals surface area contributed by atoms with E-state index in [0.29, 0.717) is 24.1 Å². The maximum atomic E-state index is 12.4. The van der Waals surface area contributed by atoms with Gasteiger partial charge < -0.3 is 10.2 Å². The Labute approximate surface area is 113 Å². The lowest BCUT2D eigenvalue weighted by Crippen LogP contribution is -2.39. The smallest absolute Gasteiger partial charge is 0.272 e. The van der Waals surface area contributed by atoms with Gasteiger partial charge in [-0.25, -0.2) is 9.97 Å². The van der Waals surface area contributed by atoms with Gasteiger partial charge in [0.1, 0.15) is 5.69 Å². The molecular weight excluding hydrogens is 240 g/mol. The zero-order chi connectivity index (χ0) is 13.7. The van der Waals surface area contributed by atoms with Gasteiger partial charge in [-0.15, -0.1) is 6.58 Å². The van der Waals surface area contributed by atoms with Crippen molar-refractivity contribution in [3.8, 4) is 0 Å². The van der Waals surface area contributed by atoms with Crippen LogP contribution in [0, 0.1) is 5.92 Å². The molecule has 0 aliphatic carbocycles. The molecule has 5 heteroatoms. The zero-order valence-corrected chi connectivity index (χ0v) is 11.3. The van der Waals surface area contributed by atoms with Crippen molar-refractivity contribution in [1.29, 1.82) is 0 Å². The predicted octanol–water partition coefficient (Wildman–Crippen LogP) is 1.95. The molecule has 0 saturated carbocycles. The van der Waals surface area contributed by atoms with Crippen LogP contribution in [0.4, 0.5) is 5.95 Å². The first kappa shape index (κ1) is 13.5. The van der Waals surface area contributed by atoms with Crippen molar-refractivity contribution >= 4 is 11.9 Å². The number of piperidine rings is 1. The summed E-state index contributed by atoms with van der Waals surface area (Å²) in [6.07, 6.45) is 5.60. The molecule has 0 spiro atoms. The van der Waals surface area contributed by atoms with Gasteiger partial charge in [0.15, 0.2) is 0 Å². The van der Waals surface area contributed by atoms with Crippen molar-refractivity contribution in [2.45, 2.75) is 19.8 Å². The first-order valence-corrected chi connectivity index (χ1v) is 6.68. The number of amides is 1. The van der Waals surface area contributed by atoms with E-state index in [4.69, 9.17) is 0 Å². The third kappa shape index (κ3) is 3.53. The van der Waals surface area contributed by atoms with E-state index in [1.165, 1.54) is 6.42 Å². The van der Waals surface area contributed by atoms with Crippen LogP contribution in [0.1, 0.15) is 30.3 Å². The summed E-state index contributed by atoms with van der Waals surface area (Å²) < 4.78 is 0. The summed E-state index contributed by atoms with van der Waals surface area (Å²) in [7, 11) is 0. The molecule has 1 unspecified atom stereocenters. The second-order valence-corrected chi connectivity index (χ2v) is 4.93. The SMILES string of the molecule is C=CCNc1nccc(C(=O)N2CCCC(C)C2)n1. The molecule has 19 heavy (non-hydrogen) atoms. The Kier molecular flexibility index (Phi) is 4.49. The Bertz CT molecular complexity index is 461. The maximum absolute atomic E-state index is 12.4. The molecule has 1 N–H and O–H groups in total. The van der Waals surface area contributed by atoms with Gasteiger partial charge >= 0.3 is 0 Å². The molecule has 0 radical (unpaired) electrons. The number of aromatic nitrogens is 2.